The van der Waals surface area contributed by atoms with Crippen LogP contribution in [0.3, 0.4) is 0 Å². The number of hydrogen-bond donors (Lipinski definition) is 3. The first-order chi connectivity index (χ1) is 9.92. The quantitative estimate of drug-likeness (QED) is 0.792. The standard InChI is InChI=1S/C15H19N3O2S/c1-3-7-15(2,16)13(20)18-14-17-12(9-21-14)10-5-4-6-11(19)8-10/h4-6,8-9,19H,3,7,16H2,1-2H3,(H,17,18,20). The van der Waals surface area contributed by atoms with Crippen LogP contribution in [0.25, 0.3) is 11.3 Å². The van der Waals surface area contributed by atoms with Crippen LogP contribution < -0.4 is 11.1 Å². The van der Waals surface area contributed by atoms with Crippen LogP contribution in [0.2, 0.25) is 0 Å². The highest BCUT2D eigenvalue weighted by Crippen LogP contribution is 2.27. The van der Waals surface area contributed by atoms with Gasteiger partial charge in [-0.25, -0.2) is 4.98 Å². The molecule has 21 heavy (non-hydrogen) atoms. The molecule has 2 aromatic rings. The lowest BCUT2D eigenvalue weighted by Gasteiger charge is -2.21. The van der Waals surface area contributed by atoms with Gasteiger partial charge in [-0.05, 0) is 25.5 Å². The van der Waals surface area contributed by atoms with E-state index in [0.717, 1.165) is 12.0 Å². The number of aromatic nitrogens is 1. The average molecular weight is 305 g/mol. The third-order valence-corrected chi connectivity index (χ3v) is 3.91. The molecule has 0 saturated carbocycles. The Balaban J connectivity index is 2.12. The Hall–Kier alpha value is -1.92. The molecule has 0 spiro atoms. The van der Waals surface area contributed by atoms with Crippen LogP contribution in [0, 0.1) is 0 Å². The molecule has 0 aliphatic heterocycles. The Morgan fingerprint density at radius 2 is 2.29 bits per heavy atom. The van der Waals surface area contributed by atoms with E-state index in [1.54, 1.807) is 25.1 Å². The lowest BCUT2D eigenvalue weighted by Crippen LogP contribution is -2.48. The van der Waals surface area contributed by atoms with Gasteiger partial charge in [-0.1, -0.05) is 25.5 Å². The number of thiazole rings is 1. The molecular formula is C15H19N3O2S. The minimum Gasteiger partial charge on any atom is -0.508 e. The summed E-state index contributed by atoms with van der Waals surface area (Å²) in [6.07, 6.45) is 1.45. The fraction of sp³-hybridized carbons (Fsp3) is 0.333. The van der Waals surface area contributed by atoms with Gasteiger partial charge < -0.3 is 16.2 Å². The monoisotopic (exact) mass is 305 g/mol. The van der Waals surface area contributed by atoms with E-state index in [9.17, 15) is 9.90 Å². The number of rotatable bonds is 5. The van der Waals surface area contributed by atoms with Crippen molar-refractivity contribution in [3.8, 4) is 17.0 Å². The predicted octanol–water partition coefficient (Wildman–Crippen LogP) is 2.97. The van der Waals surface area contributed by atoms with Crippen molar-refractivity contribution in [1.82, 2.24) is 4.98 Å². The maximum absolute atomic E-state index is 12.1. The minimum absolute atomic E-state index is 0.184. The molecule has 112 valence electrons. The number of phenols is 1. The maximum Gasteiger partial charge on any atom is 0.245 e. The van der Waals surface area contributed by atoms with E-state index in [0.29, 0.717) is 17.2 Å². The molecular weight excluding hydrogens is 286 g/mol. The number of amides is 1. The van der Waals surface area contributed by atoms with E-state index in [1.807, 2.05) is 18.4 Å². The zero-order valence-electron chi connectivity index (χ0n) is 12.1. The SMILES string of the molecule is CCCC(C)(N)C(=O)Nc1nc(-c2cccc(O)c2)cs1. The Morgan fingerprint density at radius 1 is 1.52 bits per heavy atom. The number of carbonyl (C=O) groups is 1. The highest BCUT2D eigenvalue weighted by Gasteiger charge is 2.27. The van der Waals surface area contributed by atoms with Gasteiger partial charge in [0.05, 0.1) is 11.2 Å². The number of phenolic OH excluding ortho intramolecular Hbond substituents is 1. The largest absolute Gasteiger partial charge is 0.508 e. The van der Waals surface area contributed by atoms with Crippen molar-refractivity contribution < 1.29 is 9.90 Å². The van der Waals surface area contributed by atoms with Crippen molar-refractivity contribution in [2.24, 2.45) is 5.73 Å². The molecule has 0 radical (unpaired) electrons. The molecule has 1 aromatic heterocycles. The second kappa shape index (κ2) is 6.24. The predicted molar refractivity (Wildman–Crippen MR) is 85.3 cm³/mol. The average Bonchev–Trinajstić information content (AvgIpc) is 2.87. The van der Waals surface area contributed by atoms with E-state index >= 15 is 0 Å². The highest BCUT2D eigenvalue weighted by atomic mass is 32.1. The first-order valence-electron chi connectivity index (χ1n) is 6.77. The number of nitrogens with one attached hydrogen (secondary N) is 1. The van der Waals surface area contributed by atoms with Gasteiger partial charge in [-0.3, -0.25) is 4.79 Å². The molecule has 2 rings (SSSR count). The third kappa shape index (κ3) is 3.80. The van der Waals surface area contributed by atoms with Crippen LogP contribution in [0.4, 0.5) is 5.13 Å². The van der Waals surface area contributed by atoms with Crippen LogP contribution in [0.1, 0.15) is 26.7 Å². The number of benzene rings is 1. The summed E-state index contributed by atoms with van der Waals surface area (Å²) in [4.78, 5) is 16.5. The number of nitrogens with zero attached hydrogens (tertiary/aromatic N) is 1. The van der Waals surface area contributed by atoms with Crippen LogP contribution in [-0.2, 0) is 4.79 Å². The topological polar surface area (TPSA) is 88.2 Å². The second-order valence-corrected chi connectivity index (χ2v) is 6.07. The van der Waals surface area contributed by atoms with Gasteiger partial charge in [-0.2, -0.15) is 0 Å². The van der Waals surface area contributed by atoms with Gasteiger partial charge in [0.2, 0.25) is 5.91 Å². The van der Waals surface area contributed by atoms with Crippen molar-refractivity contribution in [2.45, 2.75) is 32.2 Å². The molecule has 4 N–H and O–H groups in total. The molecule has 5 nitrogen and oxygen atoms in total. The lowest BCUT2D eigenvalue weighted by atomic mass is 9.97. The minimum atomic E-state index is -0.897. The molecule has 0 aliphatic rings. The molecule has 0 fully saturated rings. The van der Waals surface area contributed by atoms with Gasteiger partial charge in [0.15, 0.2) is 5.13 Å². The van der Waals surface area contributed by atoms with Crippen LogP contribution in [0.15, 0.2) is 29.6 Å². The summed E-state index contributed by atoms with van der Waals surface area (Å²) in [5, 5.41) is 14.6. The molecule has 0 bridgehead atoms. The smallest absolute Gasteiger partial charge is 0.245 e. The maximum atomic E-state index is 12.1. The molecule has 1 aromatic carbocycles. The molecule has 1 heterocycles. The Kier molecular flexibility index (Phi) is 4.59. The van der Waals surface area contributed by atoms with E-state index in [2.05, 4.69) is 10.3 Å². The first kappa shape index (κ1) is 15.5. The van der Waals surface area contributed by atoms with Crippen LogP contribution >= 0.6 is 11.3 Å². The molecule has 6 heteroatoms. The lowest BCUT2D eigenvalue weighted by molar-refractivity contribution is -0.120. The van der Waals surface area contributed by atoms with Crippen molar-refractivity contribution >= 4 is 22.4 Å². The molecule has 0 aliphatic carbocycles. The van der Waals surface area contributed by atoms with E-state index in [1.165, 1.54) is 11.3 Å². The van der Waals surface area contributed by atoms with E-state index < -0.39 is 5.54 Å². The number of anilines is 1. The van der Waals surface area contributed by atoms with Gasteiger partial charge >= 0.3 is 0 Å². The summed E-state index contributed by atoms with van der Waals surface area (Å²) in [6, 6.07) is 6.83. The summed E-state index contributed by atoms with van der Waals surface area (Å²) in [5.74, 6) is -0.0512. The third-order valence-electron chi connectivity index (χ3n) is 3.15. The normalized spacial score (nSPS) is 13.7. The number of carbonyl (C=O) groups excluding carboxylic acids is 1. The summed E-state index contributed by atoms with van der Waals surface area (Å²) in [7, 11) is 0. The highest BCUT2D eigenvalue weighted by molar-refractivity contribution is 7.14. The van der Waals surface area contributed by atoms with Gasteiger partial charge in [0, 0.05) is 10.9 Å². The Morgan fingerprint density at radius 3 is 2.95 bits per heavy atom. The van der Waals surface area contributed by atoms with Gasteiger partial charge in [-0.15, -0.1) is 11.3 Å². The molecule has 1 atom stereocenters. The van der Waals surface area contributed by atoms with Gasteiger partial charge in [0.25, 0.3) is 0 Å². The fourth-order valence-electron chi connectivity index (χ4n) is 2.00. The zero-order valence-corrected chi connectivity index (χ0v) is 12.9. The van der Waals surface area contributed by atoms with Crippen molar-refractivity contribution in [2.75, 3.05) is 5.32 Å². The van der Waals surface area contributed by atoms with E-state index in [-0.39, 0.29) is 11.7 Å². The Bertz CT molecular complexity index is 637. The fourth-order valence-corrected chi connectivity index (χ4v) is 2.72. The van der Waals surface area contributed by atoms with Crippen molar-refractivity contribution in [1.29, 1.82) is 0 Å². The number of hydrogen-bond acceptors (Lipinski definition) is 5. The second-order valence-electron chi connectivity index (χ2n) is 5.21. The number of aromatic hydroxyl groups is 1. The zero-order chi connectivity index (χ0) is 15.5. The van der Waals surface area contributed by atoms with Crippen molar-refractivity contribution in [3.63, 3.8) is 0 Å². The summed E-state index contributed by atoms with van der Waals surface area (Å²) < 4.78 is 0. The van der Waals surface area contributed by atoms with Gasteiger partial charge in [0.1, 0.15) is 5.75 Å². The molecule has 1 amide bonds. The molecule has 1 unspecified atom stereocenters. The summed E-state index contributed by atoms with van der Waals surface area (Å²) in [6.45, 7) is 3.71. The first-order valence-corrected chi connectivity index (χ1v) is 7.65. The molecule has 0 saturated heterocycles. The van der Waals surface area contributed by atoms with Crippen molar-refractivity contribution in [3.05, 3.63) is 29.6 Å². The number of nitrogens with two attached hydrogens (primary N) is 1. The summed E-state index contributed by atoms with van der Waals surface area (Å²) >= 11 is 1.33. The Labute approximate surface area is 127 Å². The van der Waals surface area contributed by atoms with Crippen LogP contribution in [-0.4, -0.2) is 21.5 Å². The van der Waals surface area contributed by atoms with E-state index in [4.69, 9.17) is 5.73 Å². The summed E-state index contributed by atoms with van der Waals surface area (Å²) in [5.41, 5.74) is 6.60. The van der Waals surface area contributed by atoms with Crippen LogP contribution in [0.5, 0.6) is 5.75 Å².